The minimum absolute atomic E-state index is 0.0818. The van der Waals surface area contributed by atoms with Gasteiger partial charge in [-0.15, -0.1) is 0 Å². The predicted molar refractivity (Wildman–Crippen MR) is 103 cm³/mol. The largest absolute Gasteiger partial charge is 0.454 e. The lowest BCUT2D eigenvalue weighted by Gasteiger charge is -2.18. The molecule has 0 radical (unpaired) electrons. The Kier molecular flexibility index (Phi) is 4.76. The summed E-state index contributed by atoms with van der Waals surface area (Å²) in [5, 5.41) is 0.801. The number of amidine groups is 1. The van der Waals surface area contributed by atoms with Gasteiger partial charge < -0.3 is 4.74 Å². The Balaban J connectivity index is 1.42. The van der Waals surface area contributed by atoms with Crippen LogP contribution < -0.4 is 0 Å². The maximum Gasteiger partial charge on any atom is 0.338 e. The van der Waals surface area contributed by atoms with Gasteiger partial charge in [0.15, 0.2) is 12.4 Å². The lowest BCUT2D eigenvalue weighted by Crippen LogP contribution is -2.28. The van der Waals surface area contributed by atoms with Gasteiger partial charge >= 0.3 is 5.97 Å². The minimum atomic E-state index is -0.429. The summed E-state index contributed by atoms with van der Waals surface area (Å²) in [6, 6.07) is 7.33. The van der Waals surface area contributed by atoms with Crippen LogP contribution in [0, 0.1) is 5.92 Å². The Morgan fingerprint density at radius 3 is 2.73 bits per heavy atom. The number of carbonyl (C=O) groups is 2. The van der Waals surface area contributed by atoms with Gasteiger partial charge in [-0.3, -0.25) is 4.79 Å². The number of nitrogens with zero attached hydrogens (tertiary/aromatic N) is 2. The summed E-state index contributed by atoms with van der Waals surface area (Å²) in [6.07, 6.45) is 5.21. The first-order chi connectivity index (χ1) is 12.7. The minimum Gasteiger partial charge on any atom is -0.454 e. The Morgan fingerprint density at radius 1 is 1.19 bits per heavy atom. The van der Waals surface area contributed by atoms with Gasteiger partial charge in [-0.05, 0) is 60.3 Å². The number of benzene rings is 1. The summed E-state index contributed by atoms with van der Waals surface area (Å²) < 4.78 is 5.30. The number of thioether (sulfide) groups is 1. The molecule has 0 spiro atoms. The molecule has 3 aliphatic rings. The molecule has 1 aliphatic carbocycles. The fourth-order valence-corrected chi connectivity index (χ4v) is 4.86. The summed E-state index contributed by atoms with van der Waals surface area (Å²) in [6.45, 7) is 1.98. The van der Waals surface area contributed by atoms with E-state index < -0.39 is 5.97 Å². The summed E-state index contributed by atoms with van der Waals surface area (Å²) in [4.78, 5) is 34.5. The van der Waals surface area contributed by atoms with Crippen molar-refractivity contribution in [1.82, 2.24) is 0 Å². The van der Waals surface area contributed by atoms with E-state index in [4.69, 9.17) is 4.74 Å². The number of fused-ring (bicyclic) bond motifs is 2. The van der Waals surface area contributed by atoms with Gasteiger partial charge in [0.05, 0.1) is 10.6 Å². The molecule has 134 valence electrons. The standard InChI is InChI=1S/C20H20N2O3S/c1-2-12-7-9-13(10-8-12)20(24)25-11-16-21-18(23)17-14-5-3-4-6-15(14)26-19(17)22-16/h7-10,17H,2-6,11H2,1H3. The van der Waals surface area contributed by atoms with Crippen LogP contribution in [0.15, 0.2) is 44.7 Å². The van der Waals surface area contributed by atoms with Gasteiger partial charge in [0.1, 0.15) is 5.92 Å². The highest BCUT2D eigenvalue weighted by molar-refractivity contribution is 8.17. The number of carbonyl (C=O) groups excluding carboxylic acids is 2. The van der Waals surface area contributed by atoms with Crippen LogP contribution in [-0.2, 0) is 16.0 Å². The van der Waals surface area contributed by atoms with Crippen molar-refractivity contribution in [3.05, 3.63) is 45.9 Å². The SMILES string of the molecule is CCc1ccc(C(=O)OCC2=NC(=O)C3C(=N2)SC2=C3CCCC2)cc1. The zero-order chi connectivity index (χ0) is 18.1. The number of hydrogen-bond acceptors (Lipinski definition) is 5. The van der Waals surface area contributed by atoms with E-state index in [2.05, 4.69) is 16.9 Å². The third-order valence-electron chi connectivity index (χ3n) is 4.94. The molecule has 1 unspecified atom stereocenters. The number of aryl methyl sites for hydroxylation is 1. The smallest absolute Gasteiger partial charge is 0.338 e. The highest BCUT2D eigenvalue weighted by Gasteiger charge is 2.40. The normalized spacial score (nSPS) is 21.7. The van der Waals surface area contributed by atoms with Crippen molar-refractivity contribution in [1.29, 1.82) is 0 Å². The third-order valence-corrected chi connectivity index (χ3v) is 6.19. The molecule has 0 fully saturated rings. The highest BCUT2D eigenvalue weighted by Crippen LogP contribution is 2.47. The van der Waals surface area contributed by atoms with Gasteiger partial charge in [-0.1, -0.05) is 30.8 Å². The fraction of sp³-hybridized carbons (Fsp3) is 0.400. The topological polar surface area (TPSA) is 68.1 Å². The number of ether oxygens (including phenoxy) is 1. The van der Waals surface area contributed by atoms with Gasteiger partial charge in [0, 0.05) is 0 Å². The van der Waals surface area contributed by atoms with Crippen molar-refractivity contribution in [2.24, 2.45) is 15.9 Å². The molecule has 0 saturated carbocycles. The van der Waals surface area contributed by atoms with Crippen molar-refractivity contribution in [3.8, 4) is 0 Å². The van der Waals surface area contributed by atoms with E-state index in [9.17, 15) is 9.59 Å². The summed E-state index contributed by atoms with van der Waals surface area (Å²) >= 11 is 1.61. The average Bonchev–Trinajstić information content (AvgIpc) is 3.05. The van der Waals surface area contributed by atoms with Crippen LogP contribution >= 0.6 is 11.8 Å². The molecule has 0 N–H and O–H groups in total. The van der Waals surface area contributed by atoms with Crippen LogP contribution in [0.5, 0.6) is 0 Å². The molecule has 5 nitrogen and oxygen atoms in total. The quantitative estimate of drug-likeness (QED) is 0.755. The number of amides is 1. The molecule has 0 bridgehead atoms. The Hall–Kier alpha value is -2.21. The highest BCUT2D eigenvalue weighted by atomic mass is 32.2. The second kappa shape index (κ2) is 7.19. The second-order valence-electron chi connectivity index (χ2n) is 6.63. The zero-order valence-corrected chi connectivity index (χ0v) is 15.5. The molecule has 1 aromatic rings. The maximum atomic E-state index is 12.5. The number of rotatable bonds is 4. The van der Waals surface area contributed by atoms with Crippen LogP contribution in [0.25, 0.3) is 0 Å². The molecule has 1 amide bonds. The lowest BCUT2D eigenvalue weighted by molar-refractivity contribution is -0.118. The summed E-state index contributed by atoms with van der Waals surface area (Å²) in [5.74, 6) is -0.599. The van der Waals surface area contributed by atoms with Crippen molar-refractivity contribution < 1.29 is 14.3 Å². The van der Waals surface area contributed by atoms with Crippen molar-refractivity contribution in [2.45, 2.75) is 39.0 Å². The number of hydrogen-bond donors (Lipinski definition) is 0. The Labute approximate surface area is 156 Å². The fourth-order valence-electron chi connectivity index (χ4n) is 3.50. The van der Waals surface area contributed by atoms with Gasteiger partial charge in [-0.25, -0.2) is 9.79 Å². The molecule has 0 aromatic heterocycles. The van der Waals surface area contributed by atoms with E-state index in [1.54, 1.807) is 23.9 Å². The first-order valence-electron chi connectivity index (χ1n) is 9.01. The third kappa shape index (κ3) is 3.26. The molecule has 2 heterocycles. The number of aliphatic imine (C=N–C) groups is 2. The van der Waals surface area contributed by atoms with Crippen LogP contribution in [0.1, 0.15) is 48.5 Å². The molecule has 26 heavy (non-hydrogen) atoms. The molecular formula is C20H20N2O3S. The van der Waals surface area contributed by atoms with Crippen LogP contribution in [0.3, 0.4) is 0 Å². The Bertz CT molecular complexity index is 852. The molecule has 2 aliphatic heterocycles. The number of allylic oxidation sites excluding steroid dienone is 1. The summed E-state index contributed by atoms with van der Waals surface area (Å²) in [5.41, 5.74) is 2.86. The van der Waals surface area contributed by atoms with Gasteiger partial charge in [0.25, 0.3) is 5.91 Å². The first-order valence-corrected chi connectivity index (χ1v) is 9.83. The van der Waals surface area contributed by atoms with E-state index >= 15 is 0 Å². The predicted octanol–water partition coefficient (Wildman–Crippen LogP) is 3.93. The molecular weight excluding hydrogens is 348 g/mol. The number of esters is 1. The van der Waals surface area contributed by atoms with E-state index in [0.29, 0.717) is 5.56 Å². The molecule has 4 rings (SSSR count). The lowest BCUT2D eigenvalue weighted by atomic mass is 9.89. The zero-order valence-electron chi connectivity index (χ0n) is 14.7. The van der Waals surface area contributed by atoms with E-state index in [1.807, 2.05) is 12.1 Å². The van der Waals surface area contributed by atoms with E-state index in [-0.39, 0.29) is 24.3 Å². The summed E-state index contributed by atoms with van der Waals surface area (Å²) in [7, 11) is 0. The van der Waals surface area contributed by atoms with Gasteiger partial charge in [-0.2, -0.15) is 4.99 Å². The van der Waals surface area contributed by atoms with Crippen LogP contribution in [0.4, 0.5) is 0 Å². The Morgan fingerprint density at radius 2 is 1.96 bits per heavy atom. The van der Waals surface area contributed by atoms with Crippen molar-refractivity contribution >= 4 is 34.5 Å². The second-order valence-corrected chi connectivity index (χ2v) is 7.75. The van der Waals surface area contributed by atoms with Crippen molar-refractivity contribution in [3.63, 3.8) is 0 Å². The average molecular weight is 368 g/mol. The molecule has 0 saturated heterocycles. The monoisotopic (exact) mass is 368 g/mol. The van der Waals surface area contributed by atoms with Crippen LogP contribution in [0.2, 0.25) is 0 Å². The van der Waals surface area contributed by atoms with Gasteiger partial charge in [0.2, 0.25) is 0 Å². The molecule has 1 aromatic carbocycles. The maximum absolute atomic E-state index is 12.5. The molecule has 1 atom stereocenters. The van der Waals surface area contributed by atoms with Crippen molar-refractivity contribution in [2.75, 3.05) is 6.61 Å². The van der Waals surface area contributed by atoms with Crippen LogP contribution in [-0.4, -0.2) is 29.4 Å². The van der Waals surface area contributed by atoms with E-state index in [0.717, 1.165) is 36.3 Å². The molecule has 6 heteroatoms. The first kappa shape index (κ1) is 17.2. The van der Waals surface area contributed by atoms with E-state index in [1.165, 1.54) is 16.9 Å².